The molecule has 1 aromatic carbocycles. The number of carbonyl (C=O) groups is 3. The summed E-state index contributed by atoms with van der Waals surface area (Å²) in [5, 5.41) is 4.50. The van der Waals surface area contributed by atoms with Crippen LogP contribution in [-0.2, 0) is 19.4 Å². The highest BCUT2D eigenvalue weighted by Crippen LogP contribution is 2.18. The summed E-state index contributed by atoms with van der Waals surface area (Å²) in [6, 6.07) is 4.71. The lowest BCUT2D eigenvalue weighted by molar-refractivity contribution is -0.127. The van der Waals surface area contributed by atoms with Crippen LogP contribution in [0.2, 0.25) is 0 Å². The standard InChI is InChI=1S/C16H22N2O6S/c1-5-25(22,23)13-9-7-6-8-12(13)15(20)24-11(4)14(19)18-16(21)17-10(2)3/h6-11H,5H2,1-4H3,(H2,17,18,19,21)/t11-/m0/s1. The van der Waals surface area contributed by atoms with Crippen LogP contribution in [0.1, 0.15) is 38.1 Å². The summed E-state index contributed by atoms with van der Waals surface area (Å²) in [6.07, 6.45) is -1.28. The molecule has 0 aliphatic heterocycles. The third-order valence-corrected chi connectivity index (χ3v) is 4.92. The largest absolute Gasteiger partial charge is 0.449 e. The molecule has 0 unspecified atom stereocenters. The Hall–Kier alpha value is -2.42. The minimum atomic E-state index is -3.63. The van der Waals surface area contributed by atoms with Gasteiger partial charge in [0.2, 0.25) is 0 Å². The first-order valence-electron chi connectivity index (χ1n) is 7.72. The molecule has 0 aliphatic carbocycles. The summed E-state index contributed by atoms with van der Waals surface area (Å²) >= 11 is 0. The molecule has 9 heteroatoms. The average Bonchev–Trinajstić information content (AvgIpc) is 2.53. The van der Waals surface area contributed by atoms with Crippen molar-refractivity contribution in [3.05, 3.63) is 29.8 Å². The second-order valence-corrected chi connectivity index (χ2v) is 7.81. The maximum atomic E-state index is 12.2. The molecule has 0 fully saturated rings. The highest BCUT2D eigenvalue weighted by molar-refractivity contribution is 7.91. The molecule has 1 rings (SSSR count). The van der Waals surface area contributed by atoms with Crippen molar-refractivity contribution in [2.75, 3.05) is 5.75 Å². The van der Waals surface area contributed by atoms with Crippen LogP contribution >= 0.6 is 0 Å². The summed E-state index contributed by atoms with van der Waals surface area (Å²) in [5.41, 5.74) is -0.157. The quantitative estimate of drug-likeness (QED) is 0.728. The molecule has 0 spiro atoms. The van der Waals surface area contributed by atoms with E-state index in [1.54, 1.807) is 13.8 Å². The van der Waals surface area contributed by atoms with Gasteiger partial charge >= 0.3 is 12.0 Å². The molecule has 25 heavy (non-hydrogen) atoms. The highest BCUT2D eigenvalue weighted by Gasteiger charge is 2.25. The summed E-state index contributed by atoms with van der Waals surface area (Å²) in [7, 11) is -3.63. The minimum absolute atomic E-state index is 0.157. The van der Waals surface area contributed by atoms with E-state index in [-0.39, 0.29) is 22.3 Å². The number of nitrogens with one attached hydrogen (secondary N) is 2. The van der Waals surface area contributed by atoms with Crippen LogP contribution in [0.4, 0.5) is 4.79 Å². The fourth-order valence-corrected chi connectivity index (χ4v) is 2.93. The summed E-state index contributed by atoms with van der Waals surface area (Å²) < 4.78 is 29.1. The van der Waals surface area contributed by atoms with Crippen LogP contribution in [0.5, 0.6) is 0 Å². The molecule has 0 saturated carbocycles. The van der Waals surface area contributed by atoms with Gasteiger partial charge in [-0.3, -0.25) is 10.1 Å². The second kappa shape index (κ2) is 8.61. The number of sulfone groups is 1. The van der Waals surface area contributed by atoms with E-state index < -0.39 is 33.8 Å². The highest BCUT2D eigenvalue weighted by atomic mass is 32.2. The van der Waals surface area contributed by atoms with Gasteiger partial charge < -0.3 is 10.1 Å². The van der Waals surface area contributed by atoms with Crippen molar-refractivity contribution in [3.63, 3.8) is 0 Å². The Balaban J connectivity index is 2.86. The number of esters is 1. The van der Waals surface area contributed by atoms with Gasteiger partial charge in [-0.05, 0) is 32.9 Å². The monoisotopic (exact) mass is 370 g/mol. The van der Waals surface area contributed by atoms with Crippen LogP contribution in [0, 0.1) is 0 Å². The molecule has 0 heterocycles. The van der Waals surface area contributed by atoms with Crippen LogP contribution < -0.4 is 10.6 Å². The number of imide groups is 1. The fraction of sp³-hybridized carbons (Fsp3) is 0.438. The van der Waals surface area contributed by atoms with Gasteiger partial charge in [0.1, 0.15) is 0 Å². The Morgan fingerprint density at radius 2 is 1.72 bits per heavy atom. The van der Waals surface area contributed by atoms with E-state index in [4.69, 9.17) is 4.74 Å². The predicted molar refractivity (Wildman–Crippen MR) is 90.9 cm³/mol. The van der Waals surface area contributed by atoms with Crippen molar-refractivity contribution in [3.8, 4) is 0 Å². The van der Waals surface area contributed by atoms with E-state index >= 15 is 0 Å². The number of ether oxygens (including phenoxy) is 1. The van der Waals surface area contributed by atoms with Crippen LogP contribution in [0.15, 0.2) is 29.2 Å². The summed E-state index contributed by atoms with van der Waals surface area (Å²) in [5.74, 6) is -1.95. The third kappa shape index (κ3) is 5.86. The lowest BCUT2D eigenvalue weighted by atomic mass is 10.2. The molecule has 8 nitrogen and oxygen atoms in total. The maximum absolute atomic E-state index is 12.2. The number of urea groups is 1. The van der Waals surface area contributed by atoms with Gasteiger partial charge in [0, 0.05) is 6.04 Å². The number of benzene rings is 1. The Bertz CT molecular complexity index is 758. The van der Waals surface area contributed by atoms with Crippen molar-refractivity contribution in [1.82, 2.24) is 10.6 Å². The lowest BCUT2D eigenvalue weighted by Gasteiger charge is -2.15. The number of carbonyl (C=O) groups excluding carboxylic acids is 3. The van der Waals surface area contributed by atoms with Gasteiger partial charge in [-0.15, -0.1) is 0 Å². The number of rotatable bonds is 6. The molecule has 2 N–H and O–H groups in total. The van der Waals surface area contributed by atoms with Gasteiger partial charge in [-0.2, -0.15) is 0 Å². The van der Waals surface area contributed by atoms with Crippen molar-refractivity contribution < 1.29 is 27.5 Å². The van der Waals surface area contributed by atoms with Gasteiger partial charge in [0.05, 0.1) is 16.2 Å². The first kappa shape index (κ1) is 20.6. The van der Waals surface area contributed by atoms with Crippen molar-refractivity contribution >= 4 is 27.7 Å². The molecular formula is C16H22N2O6S. The van der Waals surface area contributed by atoms with Gasteiger partial charge in [0.15, 0.2) is 15.9 Å². The zero-order chi connectivity index (χ0) is 19.2. The minimum Gasteiger partial charge on any atom is -0.449 e. The molecule has 1 aromatic rings. The molecule has 138 valence electrons. The van der Waals surface area contributed by atoms with E-state index in [9.17, 15) is 22.8 Å². The zero-order valence-electron chi connectivity index (χ0n) is 14.5. The number of amides is 3. The van der Waals surface area contributed by atoms with E-state index in [2.05, 4.69) is 5.32 Å². The van der Waals surface area contributed by atoms with E-state index in [1.165, 1.54) is 38.1 Å². The first-order valence-corrected chi connectivity index (χ1v) is 9.37. The predicted octanol–water partition coefficient (Wildman–Crippen LogP) is 1.26. The first-order chi connectivity index (χ1) is 11.6. The molecular weight excluding hydrogens is 348 g/mol. The normalized spacial score (nSPS) is 12.4. The van der Waals surface area contributed by atoms with E-state index in [0.717, 1.165) is 0 Å². The Morgan fingerprint density at radius 1 is 1.12 bits per heavy atom. The Labute approximate surface area is 146 Å². The van der Waals surface area contributed by atoms with Gasteiger partial charge in [0.25, 0.3) is 5.91 Å². The van der Waals surface area contributed by atoms with Crippen LogP contribution in [0.3, 0.4) is 0 Å². The third-order valence-electron chi connectivity index (χ3n) is 3.13. The van der Waals surface area contributed by atoms with Crippen LogP contribution in [0.25, 0.3) is 0 Å². The fourth-order valence-electron chi connectivity index (χ4n) is 1.85. The average molecular weight is 370 g/mol. The Kier molecular flexibility index (Phi) is 7.10. The van der Waals surface area contributed by atoms with Gasteiger partial charge in [-0.25, -0.2) is 18.0 Å². The van der Waals surface area contributed by atoms with Crippen molar-refractivity contribution in [2.24, 2.45) is 0 Å². The summed E-state index contributed by atoms with van der Waals surface area (Å²) in [4.78, 5) is 35.4. The SMILES string of the molecule is CCS(=O)(=O)c1ccccc1C(=O)O[C@@H](C)C(=O)NC(=O)NC(C)C. The maximum Gasteiger partial charge on any atom is 0.340 e. The molecule has 0 aliphatic rings. The van der Waals surface area contributed by atoms with E-state index in [0.29, 0.717) is 0 Å². The molecule has 0 radical (unpaired) electrons. The van der Waals surface area contributed by atoms with Crippen molar-refractivity contribution in [1.29, 1.82) is 0 Å². The van der Waals surface area contributed by atoms with Crippen molar-refractivity contribution in [2.45, 2.75) is 44.7 Å². The van der Waals surface area contributed by atoms with Crippen LogP contribution in [-0.4, -0.2) is 44.2 Å². The summed E-state index contributed by atoms with van der Waals surface area (Å²) in [6.45, 7) is 6.19. The lowest BCUT2D eigenvalue weighted by Crippen LogP contribution is -2.46. The number of hydrogen-bond donors (Lipinski definition) is 2. The topological polar surface area (TPSA) is 119 Å². The zero-order valence-corrected chi connectivity index (χ0v) is 15.3. The second-order valence-electron chi connectivity index (χ2n) is 5.56. The molecule has 0 aromatic heterocycles. The van der Waals surface area contributed by atoms with E-state index in [1.807, 2.05) is 5.32 Å². The number of hydrogen-bond acceptors (Lipinski definition) is 6. The Morgan fingerprint density at radius 3 is 2.28 bits per heavy atom. The molecule has 3 amide bonds. The molecule has 1 atom stereocenters. The molecule has 0 bridgehead atoms. The van der Waals surface area contributed by atoms with Gasteiger partial charge in [-0.1, -0.05) is 19.1 Å². The molecule has 0 saturated heterocycles. The smallest absolute Gasteiger partial charge is 0.340 e.